The van der Waals surface area contributed by atoms with Crippen molar-refractivity contribution in [2.45, 2.75) is 26.1 Å². The molecule has 0 saturated heterocycles. The number of carbonyl (C=O) groups is 2. The molecule has 2 unspecified atom stereocenters. The minimum Gasteiger partial charge on any atom is -0.481 e. The normalized spacial score (nSPS) is 15.1. The lowest BCUT2D eigenvalue weighted by Crippen LogP contribution is -2.47. The molecular weight excluding hydrogens is 241 g/mol. The van der Waals surface area contributed by atoms with Crippen LogP contribution >= 0.6 is 0 Å². The molecule has 0 aliphatic carbocycles. The minimum atomic E-state index is -4.83. The predicted octanol–water partition coefficient (Wildman–Crippen LogP) is 0.364. The highest BCUT2D eigenvalue weighted by molar-refractivity contribution is 5.81. The molecule has 0 fully saturated rings. The third kappa shape index (κ3) is 5.53. The van der Waals surface area contributed by atoms with Crippen molar-refractivity contribution >= 4 is 11.9 Å². The molecule has 100 valence electrons. The second-order valence-corrected chi connectivity index (χ2v) is 3.46. The van der Waals surface area contributed by atoms with Gasteiger partial charge in [0, 0.05) is 13.1 Å². The van der Waals surface area contributed by atoms with E-state index in [9.17, 15) is 22.8 Å². The van der Waals surface area contributed by atoms with E-state index >= 15 is 0 Å². The fourth-order valence-electron chi connectivity index (χ4n) is 1.06. The summed E-state index contributed by atoms with van der Waals surface area (Å²) >= 11 is 0. The van der Waals surface area contributed by atoms with Gasteiger partial charge >= 0.3 is 12.1 Å². The molecule has 2 atom stereocenters. The van der Waals surface area contributed by atoms with Crippen molar-refractivity contribution in [2.24, 2.45) is 5.92 Å². The van der Waals surface area contributed by atoms with Crippen LogP contribution in [0.1, 0.15) is 13.8 Å². The molecule has 5 nitrogen and oxygen atoms in total. The van der Waals surface area contributed by atoms with Crippen molar-refractivity contribution in [3.63, 3.8) is 0 Å². The van der Waals surface area contributed by atoms with Gasteiger partial charge in [-0.1, -0.05) is 0 Å². The van der Waals surface area contributed by atoms with Crippen molar-refractivity contribution in [3.8, 4) is 0 Å². The number of rotatable bonds is 6. The van der Waals surface area contributed by atoms with Crippen LogP contribution in [0, 0.1) is 5.92 Å². The van der Waals surface area contributed by atoms with Gasteiger partial charge in [-0.25, -0.2) is 0 Å². The number of carbonyl (C=O) groups excluding carboxylic acids is 1. The van der Waals surface area contributed by atoms with E-state index < -0.39 is 36.6 Å². The average molecular weight is 256 g/mol. The highest BCUT2D eigenvalue weighted by Gasteiger charge is 2.45. The van der Waals surface area contributed by atoms with Gasteiger partial charge in [-0.05, 0) is 13.8 Å². The summed E-state index contributed by atoms with van der Waals surface area (Å²) in [5.74, 6) is -4.95. The maximum absolute atomic E-state index is 12.2. The SMILES string of the molecule is CCNC(=O)C(C)NCC(C(=O)O)C(F)(F)F. The van der Waals surface area contributed by atoms with Crippen LogP contribution in [-0.2, 0) is 9.59 Å². The van der Waals surface area contributed by atoms with E-state index in [1.807, 2.05) is 0 Å². The highest BCUT2D eigenvalue weighted by Crippen LogP contribution is 2.25. The molecule has 0 aliphatic rings. The molecule has 0 bridgehead atoms. The second kappa shape index (κ2) is 6.43. The first-order chi connectivity index (χ1) is 7.70. The van der Waals surface area contributed by atoms with Gasteiger partial charge in [-0.15, -0.1) is 0 Å². The summed E-state index contributed by atoms with van der Waals surface area (Å²) in [6.45, 7) is 2.55. The van der Waals surface area contributed by atoms with Crippen LogP contribution in [0.3, 0.4) is 0 Å². The van der Waals surface area contributed by atoms with E-state index in [0.29, 0.717) is 6.54 Å². The number of alkyl halides is 3. The molecule has 0 aromatic carbocycles. The van der Waals surface area contributed by atoms with Crippen LogP contribution in [0.4, 0.5) is 13.2 Å². The number of carboxylic acids is 1. The number of amides is 1. The summed E-state index contributed by atoms with van der Waals surface area (Å²) in [4.78, 5) is 21.6. The van der Waals surface area contributed by atoms with Crippen molar-refractivity contribution in [1.29, 1.82) is 0 Å². The first-order valence-corrected chi connectivity index (χ1v) is 5.00. The molecule has 0 spiro atoms. The van der Waals surface area contributed by atoms with E-state index in [1.54, 1.807) is 6.92 Å². The Hall–Kier alpha value is -1.31. The Balaban J connectivity index is 4.33. The van der Waals surface area contributed by atoms with Gasteiger partial charge < -0.3 is 15.7 Å². The zero-order valence-corrected chi connectivity index (χ0v) is 9.47. The third-order valence-electron chi connectivity index (χ3n) is 2.07. The Kier molecular flexibility index (Phi) is 5.94. The topological polar surface area (TPSA) is 78.4 Å². The molecule has 0 radical (unpaired) electrons. The molecule has 0 rings (SSSR count). The fraction of sp³-hybridized carbons (Fsp3) is 0.778. The molecule has 0 aromatic rings. The van der Waals surface area contributed by atoms with Crippen molar-refractivity contribution < 1.29 is 27.9 Å². The van der Waals surface area contributed by atoms with Gasteiger partial charge in [0.25, 0.3) is 0 Å². The monoisotopic (exact) mass is 256 g/mol. The van der Waals surface area contributed by atoms with Gasteiger partial charge in [-0.2, -0.15) is 13.2 Å². The molecule has 0 aromatic heterocycles. The largest absolute Gasteiger partial charge is 0.481 e. The molecule has 8 heteroatoms. The lowest BCUT2D eigenvalue weighted by Gasteiger charge is -2.19. The zero-order valence-electron chi connectivity index (χ0n) is 9.47. The lowest BCUT2D eigenvalue weighted by atomic mass is 10.1. The summed E-state index contributed by atoms with van der Waals surface area (Å²) in [6, 6.07) is -0.876. The van der Waals surface area contributed by atoms with E-state index in [0.717, 1.165) is 0 Å². The summed E-state index contributed by atoms with van der Waals surface area (Å²) in [6.07, 6.45) is -4.83. The number of hydrogen-bond donors (Lipinski definition) is 3. The van der Waals surface area contributed by atoms with Gasteiger partial charge in [0.1, 0.15) is 0 Å². The molecule has 3 N–H and O–H groups in total. The molecule has 0 saturated carbocycles. The van der Waals surface area contributed by atoms with Crippen LogP contribution in [0.5, 0.6) is 0 Å². The quantitative estimate of drug-likeness (QED) is 0.641. The first-order valence-electron chi connectivity index (χ1n) is 5.00. The first kappa shape index (κ1) is 15.7. The summed E-state index contributed by atoms with van der Waals surface area (Å²) in [5, 5.41) is 13.1. The third-order valence-corrected chi connectivity index (χ3v) is 2.07. The fourth-order valence-corrected chi connectivity index (χ4v) is 1.06. The molecule has 17 heavy (non-hydrogen) atoms. The Morgan fingerprint density at radius 1 is 1.35 bits per heavy atom. The predicted molar refractivity (Wildman–Crippen MR) is 53.3 cm³/mol. The van der Waals surface area contributed by atoms with Crippen LogP contribution in [0.2, 0.25) is 0 Å². The zero-order chi connectivity index (χ0) is 13.6. The van der Waals surface area contributed by atoms with Gasteiger partial charge in [0.2, 0.25) is 5.91 Å². The van der Waals surface area contributed by atoms with E-state index in [2.05, 4.69) is 10.6 Å². The standard InChI is InChI=1S/C9H15F3N2O3/c1-3-13-7(15)5(2)14-4-6(8(16)17)9(10,11)12/h5-6,14H,3-4H2,1-2H3,(H,13,15)(H,16,17). The number of carboxylic acid groups (broad SMARTS) is 1. The van der Waals surface area contributed by atoms with Gasteiger partial charge in [0.05, 0.1) is 6.04 Å². The maximum Gasteiger partial charge on any atom is 0.403 e. The number of halogens is 3. The highest BCUT2D eigenvalue weighted by atomic mass is 19.4. The molecular formula is C9H15F3N2O3. The Bertz CT molecular complexity index is 281. The smallest absolute Gasteiger partial charge is 0.403 e. The summed E-state index contributed by atoms with van der Waals surface area (Å²) in [7, 11) is 0. The second-order valence-electron chi connectivity index (χ2n) is 3.46. The van der Waals surface area contributed by atoms with Crippen LogP contribution < -0.4 is 10.6 Å². The van der Waals surface area contributed by atoms with E-state index in [-0.39, 0.29) is 0 Å². The van der Waals surface area contributed by atoms with E-state index in [1.165, 1.54) is 6.92 Å². The van der Waals surface area contributed by atoms with Crippen molar-refractivity contribution in [1.82, 2.24) is 10.6 Å². The van der Waals surface area contributed by atoms with Crippen LogP contribution in [0.25, 0.3) is 0 Å². The molecule has 0 heterocycles. The molecule has 1 amide bonds. The molecule has 0 aliphatic heterocycles. The number of aliphatic carboxylic acids is 1. The lowest BCUT2D eigenvalue weighted by molar-refractivity contribution is -0.192. The minimum absolute atomic E-state index is 0.354. The van der Waals surface area contributed by atoms with Gasteiger partial charge in [-0.3, -0.25) is 9.59 Å². The number of likely N-dealkylation sites (N-methyl/N-ethyl adjacent to an activating group) is 1. The van der Waals surface area contributed by atoms with Gasteiger partial charge in [0.15, 0.2) is 5.92 Å². The van der Waals surface area contributed by atoms with Crippen molar-refractivity contribution in [2.75, 3.05) is 13.1 Å². The summed E-state index contributed by atoms with van der Waals surface area (Å²) in [5.41, 5.74) is 0. The summed E-state index contributed by atoms with van der Waals surface area (Å²) < 4.78 is 36.7. The number of hydrogen-bond acceptors (Lipinski definition) is 3. The Morgan fingerprint density at radius 2 is 1.88 bits per heavy atom. The maximum atomic E-state index is 12.2. The van der Waals surface area contributed by atoms with E-state index in [4.69, 9.17) is 5.11 Å². The van der Waals surface area contributed by atoms with Crippen LogP contribution in [0.15, 0.2) is 0 Å². The van der Waals surface area contributed by atoms with Crippen LogP contribution in [-0.4, -0.2) is 42.3 Å². The Labute approximate surface area is 96.4 Å². The average Bonchev–Trinajstić information content (AvgIpc) is 2.15. The number of nitrogens with one attached hydrogen (secondary N) is 2. The van der Waals surface area contributed by atoms with Crippen molar-refractivity contribution in [3.05, 3.63) is 0 Å². The Morgan fingerprint density at radius 3 is 2.24 bits per heavy atom.